The van der Waals surface area contributed by atoms with E-state index in [0.29, 0.717) is 12.1 Å². The number of carboxylic acids is 1. The minimum absolute atomic E-state index is 0.307. The molecule has 0 saturated heterocycles. The Morgan fingerprint density at radius 2 is 2.50 bits per heavy atom. The van der Waals surface area contributed by atoms with E-state index in [-0.39, 0.29) is 0 Å². The van der Waals surface area contributed by atoms with E-state index < -0.39 is 5.97 Å². The fraction of sp³-hybridized carbons (Fsp3) is 0.111. The van der Waals surface area contributed by atoms with E-state index in [9.17, 15) is 4.79 Å². The highest BCUT2D eigenvalue weighted by Crippen LogP contribution is 2.08. The van der Waals surface area contributed by atoms with E-state index in [2.05, 4.69) is 4.98 Å². The highest BCUT2D eigenvalue weighted by Gasteiger charge is 2.04. The minimum Gasteiger partial charge on any atom is -0.478 e. The van der Waals surface area contributed by atoms with Gasteiger partial charge < -0.3 is 9.67 Å². The van der Waals surface area contributed by atoms with Gasteiger partial charge in [-0.25, -0.2) is 9.78 Å². The van der Waals surface area contributed by atoms with Gasteiger partial charge in [-0.05, 0) is 6.07 Å². The summed E-state index contributed by atoms with van der Waals surface area (Å²) in [6.07, 6.45) is 5.08. The van der Waals surface area contributed by atoms with Gasteiger partial charge in [0.2, 0.25) is 0 Å². The fourth-order valence-corrected chi connectivity index (χ4v) is 1.78. The van der Waals surface area contributed by atoms with Gasteiger partial charge in [0.05, 0.1) is 12.1 Å². The summed E-state index contributed by atoms with van der Waals surface area (Å²) in [7, 11) is 0. The van der Waals surface area contributed by atoms with Crippen LogP contribution >= 0.6 is 11.3 Å². The molecule has 4 nitrogen and oxygen atoms in total. The van der Waals surface area contributed by atoms with Crippen molar-refractivity contribution < 1.29 is 9.90 Å². The minimum atomic E-state index is -0.900. The van der Waals surface area contributed by atoms with Gasteiger partial charge in [0, 0.05) is 24.0 Å². The summed E-state index contributed by atoms with van der Waals surface area (Å²) in [4.78, 5) is 14.7. The zero-order chi connectivity index (χ0) is 9.97. The summed E-state index contributed by atoms with van der Waals surface area (Å²) in [6.45, 7) is 0.630. The number of aromatic nitrogens is 2. The number of aromatic carboxylic acids is 1. The molecule has 0 amide bonds. The quantitative estimate of drug-likeness (QED) is 0.835. The molecule has 14 heavy (non-hydrogen) atoms. The molecule has 5 heteroatoms. The molecule has 72 valence electrons. The maximum atomic E-state index is 10.6. The van der Waals surface area contributed by atoms with E-state index in [1.807, 2.05) is 9.95 Å². The second kappa shape index (κ2) is 3.63. The second-order valence-electron chi connectivity index (χ2n) is 2.80. The summed E-state index contributed by atoms with van der Waals surface area (Å²) in [5.41, 5.74) is 0.307. The van der Waals surface area contributed by atoms with Crippen molar-refractivity contribution in [1.29, 1.82) is 0 Å². The van der Waals surface area contributed by atoms with Crippen LogP contribution in [-0.2, 0) is 6.54 Å². The third-order valence-electron chi connectivity index (χ3n) is 1.80. The van der Waals surface area contributed by atoms with Crippen molar-refractivity contribution in [2.75, 3.05) is 0 Å². The molecule has 0 bridgehead atoms. The predicted molar refractivity (Wildman–Crippen MR) is 52.6 cm³/mol. The number of thiazole rings is 1. The summed E-state index contributed by atoms with van der Waals surface area (Å²) < 4.78 is 1.81. The lowest BCUT2D eigenvalue weighted by atomic mass is 10.4. The molecule has 0 aliphatic heterocycles. The molecule has 2 aromatic heterocycles. The third kappa shape index (κ3) is 1.82. The molecule has 0 aliphatic carbocycles. The topological polar surface area (TPSA) is 55.1 Å². The third-order valence-corrected chi connectivity index (χ3v) is 2.56. The molecule has 0 atom stereocenters. The summed E-state index contributed by atoms with van der Waals surface area (Å²) in [5, 5.41) is 11.6. The Morgan fingerprint density at radius 3 is 3.07 bits per heavy atom. The van der Waals surface area contributed by atoms with Crippen molar-refractivity contribution in [2.24, 2.45) is 0 Å². The number of carbonyl (C=O) groups is 1. The molecule has 0 radical (unpaired) electrons. The summed E-state index contributed by atoms with van der Waals surface area (Å²) in [5.74, 6) is -0.900. The Balaban J connectivity index is 2.14. The number of rotatable bonds is 3. The smallest absolute Gasteiger partial charge is 0.337 e. The van der Waals surface area contributed by atoms with Crippen LogP contribution in [0.5, 0.6) is 0 Å². The van der Waals surface area contributed by atoms with Crippen LogP contribution in [0.15, 0.2) is 30.0 Å². The molecule has 0 unspecified atom stereocenters. The number of hydrogen-bond donors (Lipinski definition) is 1. The van der Waals surface area contributed by atoms with Crippen LogP contribution in [-0.4, -0.2) is 20.6 Å². The Morgan fingerprint density at radius 1 is 1.64 bits per heavy atom. The zero-order valence-electron chi connectivity index (χ0n) is 7.25. The fourth-order valence-electron chi connectivity index (χ4n) is 1.15. The molecule has 2 aromatic rings. The number of nitrogens with zero attached hydrogens (tertiary/aromatic N) is 2. The lowest BCUT2D eigenvalue weighted by molar-refractivity contribution is 0.0697. The van der Waals surface area contributed by atoms with Crippen LogP contribution in [0.4, 0.5) is 0 Å². The standard InChI is InChI=1S/C9H8N2O2S/c12-9(13)7-1-3-11(5-7)6-8-10-2-4-14-8/h1-5H,6H2,(H,12,13). The van der Waals surface area contributed by atoms with E-state index >= 15 is 0 Å². The normalized spacial score (nSPS) is 10.3. The Kier molecular flexibility index (Phi) is 2.32. The molecule has 2 rings (SSSR count). The van der Waals surface area contributed by atoms with Gasteiger partial charge >= 0.3 is 5.97 Å². The van der Waals surface area contributed by atoms with Gasteiger partial charge in [-0.1, -0.05) is 0 Å². The molecule has 0 aliphatic rings. The molecule has 1 N–H and O–H groups in total. The molecule has 2 heterocycles. The molecule has 0 spiro atoms. The first-order chi connectivity index (χ1) is 6.75. The highest BCUT2D eigenvalue weighted by molar-refractivity contribution is 7.09. The SMILES string of the molecule is O=C(O)c1ccn(Cc2nccs2)c1. The van der Waals surface area contributed by atoms with Crippen LogP contribution < -0.4 is 0 Å². The number of carboxylic acid groups (broad SMARTS) is 1. The summed E-state index contributed by atoms with van der Waals surface area (Å²) >= 11 is 1.56. The monoisotopic (exact) mass is 208 g/mol. The van der Waals surface area contributed by atoms with E-state index in [1.54, 1.807) is 36.0 Å². The van der Waals surface area contributed by atoms with Crippen LogP contribution in [0.2, 0.25) is 0 Å². The van der Waals surface area contributed by atoms with Gasteiger partial charge in [-0.2, -0.15) is 0 Å². The van der Waals surface area contributed by atoms with Crippen molar-refractivity contribution in [3.8, 4) is 0 Å². The van der Waals surface area contributed by atoms with Crippen LogP contribution in [0, 0.1) is 0 Å². The van der Waals surface area contributed by atoms with Gasteiger partial charge in [0.15, 0.2) is 0 Å². The second-order valence-corrected chi connectivity index (χ2v) is 3.78. The molecule has 0 saturated carbocycles. The van der Waals surface area contributed by atoms with Crippen molar-refractivity contribution in [2.45, 2.75) is 6.54 Å². The Hall–Kier alpha value is -1.62. The molecular formula is C9H8N2O2S. The van der Waals surface area contributed by atoms with Gasteiger partial charge in [0.25, 0.3) is 0 Å². The van der Waals surface area contributed by atoms with E-state index in [1.165, 1.54) is 0 Å². The van der Waals surface area contributed by atoms with Gasteiger partial charge in [0.1, 0.15) is 5.01 Å². The molecule has 0 fully saturated rings. The average molecular weight is 208 g/mol. The van der Waals surface area contributed by atoms with Crippen molar-refractivity contribution in [3.63, 3.8) is 0 Å². The van der Waals surface area contributed by atoms with Crippen LogP contribution in [0.3, 0.4) is 0 Å². The Labute approximate surface area is 84.5 Å². The van der Waals surface area contributed by atoms with Crippen molar-refractivity contribution in [3.05, 3.63) is 40.6 Å². The Bertz CT molecular complexity index is 433. The van der Waals surface area contributed by atoms with Crippen molar-refractivity contribution in [1.82, 2.24) is 9.55 Å². The first-order valence-corrected chi connectivity index (χ1v) is 4.91. The van der Waals surface area contributed by atoms with E-state index in [4.69, 9.17) is 5.11 Å². The molecular weight excluding hydrogens is 200 g/mol. The maximum absolute atomic E-state index is 10.6. The zero-order valence-corrected chi connectivity index (χ0v) is 8.07. The van der Waals surface area contributed by atoms with Gasteiger partial charge in [-0.3, -0.25) is 0 Å². The summed E-state index contributed by atoms with van der Waals surface area (Å²) in [6, 6.07) is 1.58. The number of hydrogen-bond acceptors (Lipinski definition) is 3. The van der Waals surface area contributed by atoms with E-state index in [0.717, 1.165) is 5.01 Å². The lowest BCUT2D eigenvalue weighted by Gasteiger charge is -1.96. The largest absolute Gasteiger partial charge is 0.478 e. The van der Waals surface area contributed by atoms with Crippen molar-refractivity contribution >= 4 is 17.3 Å². The predicted octanol–water partition coefficient (Wildman–Crippen LogP) is 1.69. The maximum Gasteiger partial charge on any atom is 0.337 e. The first-order valence-electron chi connectivity index (χ1n) is 4.03. The molecule has 0 aromatic carbocycles. The highest BCUT2D eigenvalue weighted by atomic mass is 32.1. The van der Waals surface area contributed by atoms with Crippen LogP contribution in [0.25, 0.3) is 0 Å². The lowest BCUT2D eigenvalue weighted by Crippen LogP contribution is -1.97. The van der Waals surface area contributed by atoms with Gasteiger partial charge in [-0.15, -0.1) is 11.3 Å². The van der Waals surface area contributed by atoms with Crippen LogP contribution in [0.1, 0.15) is 15.4 Å². The average Bonchev–Trinajstić information content (AvgIpc) is 2.75. The first kappa shape index (κ1) is 8.96.